The molecule has 1 rings (SSSR count). The molecule has 0 saturated heterocycles. The number of nitrogens with one attached hydrogen (secondary N) is 1. The third kappa shape index (κ3) is 5.14. The summed E-state index contributed by atoms with van der Waals surface area (Å²) < 4.78 is 0. The summed E-state index contributed by atoms with van der Waals surface area (Å²) in [6.45, 7) is 1.78. The average Bonchev–Trinajstić information content (AvgIpc) is 2.34. The number of nitro benzene ring substituents is 1. The van der Waals surface area contributed by atoms with Crippen LogP contribution in [-0.2, 0) is 6.42 Å². The molecule has 0 amide bonds. The lowest BCUT2D eigenvalue weighted by molar-refractivity contribution is -0.384. The summed E-state index contributed by atoms with van der Waals surface area (Å²) in [6.07, 6.45) is 7.79. The van der Waals surface area contributed by atoms with Crippen molar-refractivity contribution in [2.24, 2.45) is 0 Å². The van der Waals surface area contributed by atoms with Crippen LogP contribution in [-0.4, -0.2) is 18.0 Å². The van der Waals surface area contributed by atoms with Crippen molar-refractivity contribution in [1.82, 2.24) is 5.32 Å². The Morgan fingerprint density at radius 3 is 2.59 bits per heavy atom. The Morgan fingerprint density at radius 2 is 2.00 bits per heavy atom. The largest absolute Gasteiger partial charge is 0.316 e. The standard InChI is InChI=1S/C13H16N2O2/c1-2-3-4-10-14-11-9-12-5-7-13(8-6-12)15(16)17/h1,5-8,14H,3-4,9-11H2. The maximum absolute atomic E-state index is 10.5. The Bertz CT molecular complexity index is 393. The molecule has 1 aromatic rings. The minimum Gasteiger partial charge on any atom is -0.316 e. The number of hydrogen-bond acceptors (Lipinski definition) is 3. The molecule has 1 aromatic carbocycles. The molecule has 0 bridgehead atoms. The second-order valence-corrected chi connectivity index (χ2v) is 3.73. The van der Waals surface area contributed by atoms with E-state index in [-0.39, 0.29) is 10.6 Å². The average molecular weight is 232 g/mol. The minimum atomic E-state index is -0.387. The van der Waals surface area contributed by atoms with Crippen molar-refractivity contribution in [2.45, 2.75) is 19.3 Å². The van der Waals surface area contributed by atoms with Gasteiger partial charge in [-0.15, -0.1) is 12.3 Å². The van der Waals surface area contributed by atoms with E-state index in [0.29, 0.717) is 0 Å². The normalized spacial score (nSPS) is 9.82. The van der Waals surface area contributed by atoms with Gasteiger partial charge in [-0.1, -0.05) is 12.1 Å². The molecule has 1 N–H and O–H groups in total. The third-order valence-corrected chi connectivity index (χ3v) is 2.41. The molecule has 0 aliphatic carbocycles. The highest BCUT2D eigenvalue weighted by molar-refractivity contribution is 5.32. The molecule has 0 radical (unpaired) electrons. The van der Waals surface area contributed by atoms with Gasteiger partial charge in [0.15, 0.2) is 0 Å². The fraction of sp³-hybridized carbons (Fsp3) is 0.385. The van der Waals surface area contributed by atoms with Gasteiger partial charge in [-0.3, -0.25) is 10.1 Å². The maximum atomic E-state index is 10.5. The fourth-order valence-electron chi connectivity index (χ4n) is 1.46. The summed E-state index contributed by atoms with van der Waals surface area (Å²) in [5, 5.41) is 13.7. The van der Waals surface area contributed by atoms with E-state index in [0.717, 1.165) is 37.9 Å². The van der Waals surface area contributed by atoms with Gasteiger partial charge in [-0.05, 0) is 31.5 Å². The molecule has 17 heavy (non-hydrogen) atoms. The van der Waals surface area contributed by atoms with Crippen LogP contribution in [0, 0.1) is 22.5 Å². The smallest absolute Gasteiger partial charge is 0.269 e. The number of nitrogens with zero attached hydrogens (tertiary/aromatic N) is 1. The summed E-state index contributed by atoms with van der Waals surface area (Å²) >= 11 is 0. The molecule has 4 heteroatoms. The van der Waals surface area contributed by atoms with Crippen molar-refractivity contribution in [1.29, 1.82) is 0 Å². The van der Waals surface area contributed by atoms with Crippen molar-refractivity contribution in [2.75, 3.05) is 13.1 Å². The van der Waals surface area contributed by atoms with Crippen LogP contribution >= 0.6 is 0 Å². The first kappa shape index (κ1) is 13.2. The Balaban J connectivity index is 2.23. The zero-order valence-corrected chi connectivity index (χ0v) is 9.69. The van der Waals surface area contributed by atoms with Crippen molar-refractivity contribution < 1.29 is 4.92 Å². The summed E-state index contributed by atoms with van der Waals surface area (Å²) in [5.74, 6) is 2.59. The zero-order valence-electron chi connectivity index (χ0n) is 9.69. The number of non-ortho nitro benzene ring substituents is 1. The van der Waals surface area contributed by atoms with Gasteiger partial charge < -0.3 is 5.32 Å². The highest BCUT2D eigenvalue weighted by Gasteiger charge is 2.03. The molecule has 0 aliphatic heterocycles. The molecule has 0 fully saturated rings. The van der Waals surface area contributed by atoms with Crippen molar-refractivity contribution in [3.05, 3.63) is 39.9 Å². The van der Waals surface area contributed by atoms with Crippen molar-refractivity contribution in [3.8, 4) is 12.3 Å². The summed E-state index contributed by atoms with van der Waals surface area (Å²) in [4.78, 5) is 10.1. The molecule has 0 heterocycles. The monoisotopic (exact) mass is 232 g/mol. The first-order valence-electron chi connectivity index (χ1n) is 5.61. The van der Waals surface area contributed by atoms with Gasteiger partial charge in [0.05, 0.1) is 4.92 Å². The maximum Gasteiger partial charge on any atom is 0.269 e. The van der Waals surface area contributed by atoms with E-state index in [1.54, 1.807) is 12.1 Å². The first-order valence-corrected chi connectivity index (χ1v) is 5.61. The molecule has 4 nitrogen and oxygen atoms in total. The molecule has 0 saturated carbocycles. The van der Waals surface area contributed by atoms with E-state index in [4.69, 9.17) is 6.42 Å². The van der Waals surface area contributed by atoms with Gasteiger partial charge in [-0.25, -0.2) is 0 Å². The predicted molar refractivity (Wildman–Crippen MR) is 67.7 cm³/mol. The second-order valence-electron chi connectivity index (χ2n) is 3.73. The molecular formula is C13H16N2O2. The van der Waals surface area contributed by atoms with Crippen LogP contribution in [0.5, 0.6) is 0 Å². The fourth-order valence-corrected chi connectivity index (χ4v) is 1.46. The van der Waals surface area contributed by atoms with Crippen LogP contribution in [0.1, 0.15) is 18.4 Å². The Kier molecular flexibility index (Phi) is 5.76. The number of unbranched alkanes of at least 4 members (excludes halogenated alkanes) is 1. The molecule has 0 spiro atoms. The number of rotatable bonds is 7. The van der Waals surface area contributed by atoms with Crippen LogP contribution in [0.15, 0.2) is 24.3 Å². The molecular weight excluding hydrogens is 216 g/mol. The van der Waals surface area contributed by atoms with Gasteiger partial charge in [-0.2, -0.15) is 0 Å². The summed E-state index contributed by atoms with van der Waals surface area (Å²) in [6, 6.07) is 6.66. The van der Waals surface area contributed by atoms with E-state index in [9.17, 15) is 10.1 Å². The quantitative estimate of drug-likeness (QED) is 0.339. The lowest BCUT2D eigenvalue weighted by atomic mass is 10.1. The lowest BCUT2D eigenvalue weighted by Gasteiger charge is -2.03. The first-order chi connectivity index (χ1) is 8.24. The van der Waals surface area contributed by atoms with E-state index in [2.05, 4.69) is 11.2 Å². The number of nitro groups is 1. The molecule has 0 atom stereocenters. The van der Waals surface area contributed by atoms with Gasteiger partial charge in [0.1, 0.15) is 0 Å². The topological polar surface area (TPSA) is 55.2 Å². The minimum absolute atomic E-state index is 0.135. The summed E-state index contributed by atoms with van der Waals surface area (Å²) in [7, 11) is 0. The molecule has 0 aromatic heterocycles. The van der Waals surface area contributed by atoms with Gasteiger partial charge >= 0.3 is 0 Å². The van der Waals surface area contributed by atoms with E-state index >= 15 is 0 Å². The predicted octanol–water partition coefficient (Wildman–Crippen LogP) is 2.14. The molecule has 90 valence electrons. The Morgan fingerprint density at radius 1 is 1.29 bits per heavy atom. The van der Waals surface area contributed by atoms with Crippen LogP contribution in [0.3, 0.4) is 0 Å². The SMILES string of the molecule is C#CCCCNCCc1ccc([N+](=O)[O-])cc1. The van der Waals surface area contributed by atoms with Crippen molar-refractivity contribution >= 4 is 5.69 Å². The Hall–Kier alpha value is -1.86. The van der Waals surface area contributed by atoms with Crippen LogP contribution in [0.4, 0.5) is 5.69 Å². The number of terminal acetylenes is 1. The van der Waals surface area contributed by atoms with E-state index in [1.807, 2.05) is 0 Å². The van der Waals surface area contributed by atoms with Crippen molar-refractivity contribution in [3.63, 3.8) is 0 Å². The van der Waals surface area contributed by atoms with E-state index in [1.165, 1.54) is 12.1 Å². The molecule has 0 unspecified atom stereocenters. The number of hydrogen-bond donors (Lipinski definition) is 1. The second kappa shape index (κ2) is 7.42. The van der Waals surface area contributed by atoms with E-state index < -0.39 is 0 Å². The van der Waals surface area contributed by atoms with Crippen LogP contribution in [0.2, 0.25) is 0 Å². The number of benzene rings is 1. The highest BCUT2D eigenvalue weighted by atomic mass is 16.6. The van der Waals surface area contributed by atoms with Crippen LogP contribution in [0.25, 0.3) is 0 Å². The highest BCUT2D eigenvalue weighted by Crippen LogP contribution is 2.11. The summed E-state index contributed by atoms with van der Waals surface area (Å²) in [5.41, 5.74) is 1.23. The lowest BCUT2D eigenvalue weighted by Crippen LogP contribution is -2.18. The Labute approximate surface area is 101 Å². The zero-order chi connectivity index (χ0) is 12.5. The van der Waals surface area contributed by atoms with Gasteiger partial charge in [0, 0.05) is 18.6 Å². The third-order valence-electron chi connectivity index (χ3n) is 2.41. The van der Waals surface area contributed by atoms with Gasteiger partial charge in [0.2, 0.25) is 0 Å². The van der Waals surface area contributed by atoms with Gasteiger partial charge in [0.25, 0.3) is 5.69 Å². The molecule has 0 aliphatic rings. The van der Waals surface area contributed by atoms with Crippen LogP contribution < -0.4 is 5.32 Å².